The average Bonchev–Trinajstić information content (AvgIpc) is 3.21. The van der Waals surface area contributed by atoms with Gasteiger partial charge in [-0.2, -0.15) is 23.5 Å². The fourth-order valence-corrected chi connectivity index (χ4v) is 3.99. The summed E-state index contributed by atoms with van der Waals surface area (Å²) >= 11 is 0. The van der Waals surface area contributed by atoms with Crippen molar-refractivity contribution < 1.29 is 27.4 Å². The van der Waals surface area contributed by atoms with Crippen LogP contribution in [-0.2, 0) is 10.9 Å². The molecule has 0 bridgehead atoms. The Morgan fingerprint density at radius 3 is 2.46 bits per heavy atom. The standard InChI is InChI=1S/C26H30F3N5O3/c1-16(2)13-25(6,32-23(35)37-24(3,4)5)15-36-20-8-7-17(11-18(20)14-30)19-9-10-31-22-12-21(26(27,28)29)33-34(19)22/h7-12,16H,13,15H2,1-6H3,(H,32,35)/t25-/m0/s1. The van der Waals surface area contributed by atoms with Crippen molar-refractivity contribution in [1.82, 2.24) is 19.9 Å². The largest absolute Gasteiger partial charge is 0.490 e. The fourth-order valence-electron chi connectivity index (χ4n) is 3.99. The molecule has 0 radical (unpaired) electrons. The highest BCUT2D eigenvalue weighted by molar-refractivity contribution is 5.69. The number of hydrogen-bond acceptors (Lipinski definition) is 6. The lowest BCUT2D eigenvalue weighted by atomic mass is 9.91. The molecule has 1 N–H and O–H groups in total. The quantitative estimate of drug-likeness (QED) is 0.413. The van der Waals surface area contributed by atoms with Gasteiger partial charge in [0, 0.05) is 17.8 Å². The predicted octanol–water partition coefficient (Wildman–Crippen LogP) is 6.00. The molecule has 198 valence electrons. The number of fused-ring (bicyclic) bond motifs is 1. The molecule has 0 aliphatic heterocycles. The number of halogens is 3. The topological polar surface area (TPSA) is 102 Å². The van der Waals surface area contributed by atoms with E-state index in [2.05, 4.69) is 21.5 Å². The van der Waals surface area contributed by atoms with Crippen LogP contribution in [0.5, 0.6) is 5.75 Å². The first-order chi connectivity index (χ1) is 17.1. The van der Waals surface area contributed by atoms with E-state index in [9.17, 15) is 23.2 Å². The summed E-state index contributed by atoms with van der Waals surface area (Å²) in [5, 5.41) is 16.3. The Morgan fingerprint density at radius 2 is 1.86 bits per heavy atom. The van der Waals surface area contributed by atoms with Crippen LogP contribution in [0, 0.1) is 17.2 Å². The predicted molar refractivity (Wildman–Crippen MR) is 131 cm³/mol. The van der Waals surface area contributed by atoms with Gasteiger partial charge in [0.15, 0.2) is 11.3 Å². The second-order valence-electron chi connectivity index (χ2n) is 10.5. The maximum Gasteiger partial charge on any atom is 0.435 e. The number of alkyl halides is 3. The van der Waals surface area contributed by atoms with Gasteiger partial charge in [-0.1, -0.05) is 13.8 Å². The highest BCUT2D eigenvalue weighted by Gasteiger charge is 2.35. The van der Waals surface area contributed by atoms with E-state index in [0.717, 1.165) is 10.6 Å². The molecular weight excluding hydrogens is 487 g/mol. The number of alkyl carbamates (subject to hydrolysis) is 1. The van der Waals surface area contributed by atoms with Crippen molar-refractivity contribution in [2.24, 2.45) is 5.92 Å². The van der Waals surface area contributed by atoms with Crippen molar-refractivity contribution >= 4 is 11.7 Å². The van der Waals surface area contributed by atoms with Crippen molar-refractivity contribution in [1.29, 1.82) is 5.26 Å². The van der Waals surface area contributed by atoms with Crippen LogP contribution >= 0.6 is 0 Å². The van der Waals surface area contributed by atoms with E-state index in [1.165, 1.54) is 18.3 Å². The zero-order chi connectivity index (χ0) is 27.6. The molecule has 0 unspecified atom stereocenters. The van der Waals surface area contributed by atoms with E-state index in [0.29, 0.717) is 17.7 Å². The zero-order valence-corrected chi connectivity index (χ0v) is 21.6. The van der Waals surface area contributed by atoms with E-state index >= 15 is 0 Å². The van der Waals surface area contributed by atoms with Gasteiger partial charge >= 0.3 is 12.3 Å². The number of nitrogens with one attached hydrogen (secondary N) is 1. The minimum Gasteiger partial charge on any atom is -0.490 e. The number of nitrogens with zero attached hydrogens (tertiary/aromatic N) is 4. The van der Waals surface area contributed by atoms with Gasteiger partial charge in [0.05, 0.1) is 16.8 Å². The van der Waals surface area contributed by atoms with Gasteiger partial charge in [0.25, 0.3) is 0 Å². The van der Waals surface area contributed by atoms with Crippen molar-refractivity contribution in [2.45, 2.75) is 65.3 Å². The number of carbonyl (C=O) groups is 1. The van der Waals surface area contributed by atoms with Gasteiger partial charge in [-0.15, -0.1) is 0 Å². The van der Waals surface area contributed by atoms with E-state index in [1.807, 2.05) is 20.8 Å². The summed E-state index contributed by atoms with van der Waals surface area (Å²) in [5.74, 6) is 0.500. The SMILES string of the molecule is CC(C)C[C@@](C)(COc1ccc(-c2ccnc3cc(C(F)(F)F)nn23)cc1C#N)NC(=O)OC(C)(C)C. The lowest BCUT2D eigenvalue weighted by Gasteiger charge is -2.33. The van der Waals surface area contributed by atoms with Gasteiger partial charge in [-0.3, -0.25) is 0 Å². The first-order valence-electron chi connectivity index (χ1n) is 11.7. The number of aromatic nitrogens is 3. The number of nitriles is 1. The van der Waals surface area contributed by atoms with Crippen molar-refractivity contribution in [3.63, 3.8) is 0 Å². The van der Waals surface area contributed by atoms with E-state index in [-0.39, 0.29) is 29.5 Å². The van der Waals surface area contributed by atoms with Crippen LogP contribution in [0.4, 0.5) is 18.0 Å². The molecule has 2 aromatic heterocycles. The molecule has 1 atom stereocenters. The lowest BCUT2D eigenvalue weighted by molar-refractivity contribution is -0.141. The Labute approximate surface area is 213 Å². The molecule has 8 nitrogen and oxygen atoms in total. The van der Waals surface area contributed by atoms with E-state index in [4.69, 9.17) is 9.47 Å². The summed E-state index contributed by atoms with van der Waals surface area (Å²) in [7, 11) is 0. The highest BCUT2D eigenvalue weighted by Crippen LogP contribution is 2.31. The van der Waals surface area contributed by atoms with Gasteiger partial charge in [-0.25, -0.2) is 14.3 Å². The maximum absolute atomic E-state index is 13.2. The second kappa shape index (κ2) is 10.3. The summed E-state index contributed by atoms with van der Waals surface area (Å²) in [5.41, 5.74) is -1.51. The van der Waals surface area contributed by atoms with Crippen LogP contribution in [0.1, 0.15) is 59.2 Å². The molecule has 3 rings (SSSR count). The number of carbonyl (C=O) groups excluding carboxylic acids is 1. The Morgan fingerprint density at radius 1 is 1.16 bits per heavy atom. The fraction of sp³-hybridized carbons (Fsp3) is 0.462. The molecule has 0 aliphatic carbocycles. The Bertz CT molecular complexity index is 1320. The molecule has 0 saturated carbocycles. The molecule has 0 saturated heterocycles. The normalized spacial score (nSPS) is 13.8. The number of amides is 1. The minimum absolute atomic E-state index is 0.0290. The van der Waals surface area contributed by atoms with Crippen LogP contribution < -0.4 is 10.1 Å². The number of hydrogen-bond donors (Lipinski definition) is 1. The third-order valence-electron chi connectivity index (χ3n) is 5.25. The Kier molecular flexibility index (Phi) is 7.72. The van der Waals surface area contributed by atoms with Crippen molar-refractivity contribution in [3.05, 3.63) is 47.8 Å². The monoisotopic (exact) mass is 517 g/mol. The average molecular weight is 518 g/mol. The summed E-state index contributed by atoms with van der Waals surface area (Å²) in [6.07, 6.45) is -3.23. The molecule has 0 aliphatic rings. The lowest BCUT2D eigenvalue weighted by Crippen LogP contribution is -2.52. The Balaban J connectivity index is 1.87. The minimum atomic E-state index is -4.61. The molecule has 11 heteroatoms. The number of ether oxygens (including phenoxy) is 2. The summed E-state index contributed by atoms with van der Waals surface area (Å²) in [4.78, 5) is 16.4. The van der Waals surface area contributed by atoms with Gasteiger partial charge in [0.2, 0.25) is 0 Å². The van der Waals surface area contributed by atoms with Crippen LogP contribution in [0.25, 0.3) is 16.9 Å². The highest BCUT2D eigenvalue weighted by atomic mass is 19.4. The van der Waals surface area contributed by atoms with E-state index in [1.54, 1.807) is 32.9 Å². The molecule has 3 aromatic rings. The summed E-state index contributed by atoms with van der Waals surface area (Å²) in [6, 6.07) is 9.15. The van der Waals surface area contributed by atoms with Crippen LogP contribution in [0.3, 0.4) is 0 Å². The zero-order valence-electron chi connectivity index (χ0n) is 21.6. The molecular formula is C26H30F3N5O3. The third-order valence-corrected chi connectivity index (χ3v) is 5.25. The summed E-state index contributed by atoms with van der Waals surface area (Å²) in [6.45, 7) is 11.2. The number of rotatable bonds is 7. The molecule has 0 fully saturated rings. The Hall–Kier alpha value is -3.81. The van der Waals surface area contributed by atoms with Crippen LogP contribution in [0.2, 0.25) is 0 Å². The molecule has 0 spiro atoms. The smallest absolute Gasteiger partial charge is 0.435 e. The maximum atomic E-state index is 13.2. The van der Waals surface area contributed by atoms with Crippen LogP contribution in [0.15, 0.2) is 36.5 Å². The third kappa shape index (κ3) is 7.12. The second-order valence-corrected chi connectivity index (χ2v) is 10.5. The molecule has 1 amide bonds. The van der Waals surface area contributed by atoms with Gasteiger partial charge in [0.1, 0.15) is 24.0 Å². The van der Waals surface area contributed by atoms with Crippen molar-refractivity contribution in [2.75, 3.05) is 6.61 Å². The van der Waals surface area contributed by atoms with Crippen LogP contribution in [-0.4, -0.2) is 38.4 Å². The summed E-state index contributed by atoms with van der Waals surface area (Å²) < 4.78 is 51.9. The van der Waals surface area contributed by atoms with E-state index < -0.39 is 29.1 Å². The molecule has 1 aromatic carbocycles. The van der Waals surface area contributed by atoms with Gasteiger partial charge < -0.3 is 14.8 Å². The van der Waals surface area contributed by atoms with Crippen molar-refractivity contribution in [3.8, 4) is 23.1 Å². The first-order valence-corrected chi connectivity index (χ1v) is 11.7. The molecule has 37 heavy (non-hydrogen) atoms. The van der Waals surface area contributed by atoms with Gasteiger partial charge in [-0.05, 0) is 64.3 Å². The first kappa shape index (κ1) is 27.8. The molecule has 2 heterocycles. The number of benzene rings is 1.